The van der Waals surface area contributed by atoms with Crippen LogP contribution in [0.25, 0.3) is 0 Å². The molecule has 40 heavy (non-hydrogen) atoms. The number of nitrogens with one attached hydrogen (secondary N) is 1. The topological polar surface area (TPSA) is 125 Å². The number of sulfonamides is 1. The van der Waals surface area contributed by atoms with Crippen LogP contribution in [0.1, 0.15) is 37.0 Å². The van der Waals surface area contributed by atoms with E-state index in [1.807, 2.05) is 6.92 Å². The SMILES string of the molecule is C[C@@H]1CN([C@H](C)CO)C(=O)c2cccc(NC(=O)C3CCOCC3)c2O[C@@H]1CN(C)S(=O)(=O)c1ccc(F)cc1. The van der Waals surface area contributed by atoms with Crippen molar-refractivity contribution >= 4 is 27.5 Å². The van der Waals surface area contributed by atoms with Crippen molar-refractivity contribution in [1.29, 1.82) is 0 Å². The van der Waals surface area contributed by atoms with E-state index in [1.54, 1.807) is 25.1 Å². The Kier molecular flexibility index (Phi) is 9.44. The number of para-hydroxylation sites is 1. The molecule has 2 aliphatic rings. The monoisotopic (exact) mass is 577 g/mol. The van der Waals surface area contributed by atoms with Crippen LogP contribution in [-0.2, 0) is 19.6 Å². The van der Waals surface area contributed by atoms with Gasteiger partial charge < -0.3 is 24.8 Å². The molecule has 0 saturated carbocycles. The average Bonchev–Trinajstić information content (AvgIpc) is 2.95. The molecule has 2 heterocycles. The number of benzene rings is 2. The third-order valence-corrected chi connectivity index (χ3v) is 9.34. The summed E-state index contributed by atoms with van der Waals surface area (Å²) in [5.74, 6) is -1.59. The van der Waals surface area contributed by atoms with Crippen molar-refractivity contribution in [1.82, 2.24) is 9.21 Å². The Hall–Kier alpha value is -3.06. The lowest BCUT2D eigenvalue weighted by Gasteiger charge is -2.38. The van der Waals surface area contributed by atoms with E-state index in [0.717, 1.165) is 16.4 Å². The highest BCUT2D eigenvalue weighted by Crippen LogP contribution is 2.36. The molecule has 0 unspecified atom stereocenters. The second-order valence-corrected chi connectivity index (χ2v) is 12.5. The maximum atomic E-state index is 13.6. The van der Waals surface area contributed by atoms with Gasteiger partial charge in [-0.15, -0.1) is 0 Å². The van der Waals surface area contributed by atoms with Crippen LogP contribution in [0.5, 0.6) is 5.75 Å². The quantitative estimate of drug-likeness (QED) is 0.494. The number of likely N-dealkylation sites (N-methyl/N-ethyl adjacent to an activating group) is 1. The summed E-state index contributed by atoms with van der Waals surface area (Å²) in [5.41, 5.74) is 0.508. The Morgan fingerprint density at radius 3 is 2.52 bits per heavy atom. The summed E-state index contributed by atoms with van der Waals surface area (Å²) in [6.45, 7) is 4.39. The third kappa shape index (κ3) is 6.46. The first kappa shape index (κ1) is 29.9. The number of hydrogen-bond acceptors (Lipinski definition) is 7. The first-order valence-electron chi connectivity index (χ1n) is 13.3. The maximum Gasteiger partial charge on any atom is 0.258 e. The van der Waals surface area contributed by atoms with E-state index in [9.17, 15) is 27.5 Å². The molecule has 0 spiro atoms. The third-order valence-electron chi connectivity index (χ3n) is 7.50. The van der Waals surface area contributed by atoms with Gasteiger partial charge in [0.1, 0.15) is 11.9 Å². The number of rotatable bonds is 8. The number of carbonyl (C=O) groups is 2. The zero-order chi connectivity index (χ0) is 29.0. The largest absolute Gasteiger partial charge is 0.486 e. The van der Waals surface area contributed by atoms with Crippen LogP contribution >= 0.6 is 0 Å². The van der Waals surface area contributed by atoms with Crippen LogP contribution in [0, 0.1) is 17.7 Å². The van der Waals surface area contributed by atoms with E-state index >= 15 is 0 Å². The summed E-state index contributed by atoms with van der Waals surface area (Å²) >= 11 is 0. The van der Waals surface area contributed by atoms with Gasteiger partial charge in [-0.2, -0.15) is 4.31 Å². The number of nitrogens with zero attached hydrogens (tertiary/aromatic N) is 2. The molecular weight excluding hydrogens is 541 g/mol. The number of fused-ring (bicyclic) bond motifs is 1. The van der Waals surface area contributed by atoms with Crippen molar-refractivity contribution in [2.75, 3.05) is 45.3 Å². The molecule has 218 valence electrons. The van der Waals surface area contributed by atoms with Crippen LogP contribution in [0.3, 0.4) is 0 Å². The number of aliphatic hydroxyl groups excluding tert-OH is 1. The lowest BCUT2D eigenvalue weighted by molar-refractivity contribution is -0.122. The summed E-state index contributed by atoms with van der Waals surface area (Å²) in [6, 6.07) is 8.93. The van der Waals surface area contributed by atoms with Gasteiger partial charge in [-0.3, -0.25) is 9.59 Å². The van der Waals surface area contributed by atoms with Gasteiger partial charge in [0.15, 0.2) is 5.75 Å². The van der Waals surface area contributed by atoms with Crippen molar-refractivity contribution < 1.29 is 37.0 Å². The van der Waals surface area contributed by atoms with Gasteiger partial charge in [-0.25, -0.2) is 12.8 Å². The molecule has 2 amide bonds. The van der Waals surface area contributed by atoms with Gasteiger partial charge >= 0.3 is 0 Å². The molecule has 3 atom stereocenters. The number of amides is 2. The van der Waals surface area contributed by atoms with Crippen molar-refractivity contribution in [3.8, 4) is 5.75 Å². The normalized spacial score (nSPS) is 21.2. The average molecular weight is 578 g/mol. The first-order chi connectivity index (χ1) is 19.0. The number of anilines is 1. The smallest absolute Gasteiger partial charge is 0.258 e. The minimum absolute atomic E-state index is 0.0644. The second-order valence-electron chi connectivity index (χ2n) is 10.4. The van der Waals surface area contributed by atoms with Crippen LogP contribution in [-0.4, -0.2) is 86.6 Å². The van der Waals surface area contributed by atoms with Gasteiger partial charge in [-0.1, -0.05) is 13.0 Å². The molecule has 10 nitrogen and oxygen atoms in total. The van der Waals surface area contributed by atoms with E-state index in [-0.39, 0.29) is 59.6 Å². The molecule has 0 aromatic heterocycles. The van der Waals surface area contributed by atoms with E-state index in [1.165, 1.54) is 24.1 Å². The van der Waals surface area contributed by atoms with Gasteiger partial charge in [0, 0.05) is 38.6 Å². The molecule has 2 aromatic rings. The fraction of sp³-hybridized carbons (Fsp3) is 0.500. The summed E-state index contributed by atoms with van der Waals surface area (Å²) < 4.78 is 52.8. The minimum Gasteiger partial charge on any atom is -0.486 e. The highest BCUT2D eigenvalue weighted by atomic mass is 32.2. The molecule has 2 aromatic carbocycles. The molecule has 1 saturated heterocycles. The van der Waals surface area contributed by atoms with Crippen molar-refractivity contribution in [3.05, 3.63) is 53.8 Å². The Bertz CT molecular complexity index is 1320. The molecule has 2 aliphatic heterocycles. The fourth-order valence-electron chi connectivity index (χ4n) is 4.89. The van der Waals surface area contributed by atoms with Crippen LogP contribution in [0.2, 0.25) is 0 Å². The standard InChI is InChI=1S/C28H36FN3O7S/c1-18-15-32(19(2)17-33)28(35)23-5-4-6-24(30-27(34)20-11-13-38-14-12-20)26(23)39-25(18)16-31(3)40(36,37)22-9-7-21(29)8-10-22/h4-10,18-20,25,33H,11-17H2,1-3H3,(H,30,34)/t18-,19-,25-/m1/s1. The molecule has 1 fully saturated rings. The van der Waals surface area contributed by atoms with E-state index in [2.05, 4.69) is 5.32 Å². The number of aliphatic hydroxyl groups is 1. The highest BCUT2D eigenvalue weighted by Gasteiger charge is 2.36. The van der Waals surface area contributed by atoms with Gasteiger partial charge in [0.2, 0.25) is 15.9 Å². The maximum absolute atomic E-state index is 13.6. The zero-order valence-electron chi connectivity index (χ0n) is 22.9. The molecule has 4 rings (SSSR count). The predicted octanol–water partition coefficient (Wildman–Crippen LogP) is 2.73. The van der Waals surface area contributed by atoms with Crippen molar-refractivity contribution in [2.24, 2.45) is 11.8 Å². The Labute approximate surface area is 234 Å². The lowest BCUT2D eigenvalue weighted by Crippen LogP contribution is -2.50. The Morgan fingerprint density at radius 2 is 1.88 bits per heavy atom. The summed E-state index contributed by atoms with van der Waals surface area (Å²) in [6.07, 6.45) is 0.420. The van der Waals surface area contributed by atoms with Crippen molar-refractivity contribution in [3.63, 3.8) is 0 Å². The first-order valence-corrected chi connectivity index (χ1v) is 14.8. The Morgan fingerprint density at radius 1 is 1.20 bits per heavy atom. The molecule has 2 N–H and O–H groups in total. The molecule has 0 bridgehead atoms. The molecule has 0 radical (unpaired) electrons. The number of halogens is 1. The highest BCUT2D eigenvalue weighted by molar-refractivity contribution is 7.89. The summed E-state index contributed by atoms with van der Waals surface area (Å²) in [5, 5.41) is 12.8. The van der Waals surface area contributed by atoms with Crippen LogP contribution < -0.4 is 10.1 Å². The predicted molar refractivity (Wildman–Crippen MR) is 146 cm³/mol. The molecule has 0 aliphatic carbocycles. The van der Waals surface area contributed by atoms with E-state index in [4.69, 9.17) is 9.47 Å². The number of ether oxygens (including phenoxy) is 2. The molecular formula is C28H36FN3O7S. The fourth-order valence-corrected chi connectivity index (χ4v) is 6.08. The zero-order valence-corrected chi connectivity index (χ0v) is 23.7. The second kappa shape index (κ2) is 12.6. The lowest BCUT2D eigenvalue weighted by atomic mass is 9.98. The minimum atomic E-state index is -3.98. The van der Waals surface area contributed by atoms with Gasteiger partial charge in [0.25, 0.3) is 5.91 Å². The summed E-state index contributed by atoms with van der Waals surface area (Å²) in [4.78, 5) is 28.2. The van der Waals surface area contributed by atoms with Gasteiger partial charge in [0.05, 0.1) is 35.3 Å². The van der Waals surface area contributed by atoms with E-state index < -0.39 is 28.0 Å². The van der Waals surface area contributed by atoms with Crippen molar-refractivity contribution in [2.45, 2.75) is 43.7 Å². The van der Waals surface area contributed by atoms with Crippen LogP contribution in [0.15, 0.2) is 47.4 Å². The Balaban J connectivity index is 1.69. The van der Waals surface area contributed by atoms with E-state index in [0.29, 0.717) is 31.7 Å². The number of hydrogen-bond donors (Lipinski definition) is 2. The van der Waals surface area contributed by atoms with Gasteiger partial charge in [-0.05, 0) is 56.2 Å². The number of carbonyl (C=O) groups excluding carboxylic acids is 2. The summed E-state index contributed by atoms with van der Waals surface area (Å²) in [7, 11) is -2.57. The van der Waals surface area contributed by atoms with Crippen LogP contribution in [0.4, 0.5) is 10.1 Å². The molecule has 12 heteroatoms.